The third-order valence-electron chi connectivity index (χ3n) is 0.724. The first kappa shape index (κ1) is 8.27. The van der Waals surface area contributed by atoms with E-state index in [0.29, 0.717) is 12.4 Å². The normalized spacial score (nSPS) is 9.75. The van der Waals surface area contributed by atoms with Gasteiger partial charge in [0.15, 0.2) is 0 Å². The topological polar surface area (TPSA) is 21.3 Å². The third-order valence-corrected chi connectivity index (χ3v) is 0.891. The summed E-state index contributed by atoms with van der Waals surface area (Å²) < 4.78 is 5.06. The van der Waals surface area contributed by atoms with E-state index in [1.165, 1.54) is 0 Å². The van der Waals surface area contributed by atoms with E-state index >= 15 is 0 Å². The van der Waals surface area contributed by atoms with Gasteiger partial charge in [0.05, 0.1) is 13.2 Å². The lowest BCUT2D eigenvalue weighted by atomic mass is 10.7. The summed E-state index contributed by atoms with van der Waals surface area (Å²) >= 11 is 4.66. The lowest BCUT2D eigenvalue weighted by Gasteiger charge is -1.98. The molecule has 0 aromatic carbocycles. The molecule has 0 heterocycles. The van der Waals surface area contributed by atoms with Crippen LogP contribution in [0.1, 0.15) is 0 Å². The van der Waals surface area contributed by atoms with Crippen molar-refractivity contribution in [3.8, 4) is 0 Å². The van der Waals surface area contributed by atoms with Gasteiger partial charge in [-0.05, 0) is 7.05 Å². The highest BCUT2D eigenvalue weighted by atomic mass is 32.1. The Morgan fingerprint density at radius 2 is 2.25 bits per heavy atom. The van der Waals surface area contributed by atoms with Gasteiger partial charge in [-0.2, -0.15) is 0 Å². The number of likely N-dealkylation sites (N-methyl/N-ethyl adjacent to an activating group) is 1. The van der Waals surface area contributed by atoms with Gasteiger partial charge in [0.25, 0.3) is 0 Å². The molecule has 0 saturated carbocycles. The maximum Gasteiger partial charge on any atom is 0.0591 e. The molecular formula is C5H12NOS. The van der Waals surface area contributed by atoms with E-state index in [4.69, 9.17) is 4.74 Å². The molecule has 1 N–H and O–H groups in total. The van der Waals surface area contributed by atoms with Crippen LogP contribution in [0.4, 0.5) is 0 Å². The van der Waals surface area contributed by atoms with E-state index < -0.39 is 0 Å². The van der Waals surface area contributed by atoms with Gasteiger partial charge in [-0.1, -0.05) is 12.6 Å². The fourth-order valence-corrected chi connectivity index (χ4v) is 0.453. The summed E-state index contributed by atoms with van der Waals surface area (Å²) in [6.07, 6.45) is 0. The Labute approximate surface area is 56.0 Å². The highest BCUT2D eigenvalue weighted by molar-refractivity contribution is 7.80. The number of hydrogen-bond donors (Lipinski definition) is 1. The molecule has 0 spiro atoms. The molecule has 0 bridgehead atoms. The van der Waals surface area contributed by atoms with Crippen LogP contribution in [0.25, 0.3) is 0 Å². The zero-order valence-electron chi connectivity index (χ0n) is 5.14. The van der Waals surface area contributed by atoms with E-state index in [1.54, 1.807) is 0 Å². The smallest absolute Gasteiger partial charge is 0.0591 e. The molecule has 0 aromatic heterocycles. The fraction of sp³-hybridized carbons (Fsp3) is 1.00. The monoisotopic (exact) mass is 134 g/mol. The third kappa shape index (κ3) is 6.27. The first-order valence-electron chi connectivity index (χ1n) is 2.72. The number of hydrogen-bond acceptors (Lipinski definition) is 2. The molecule has 1 radical (unpaired) electrons. The van der Waals surface area contributed by atoms with E-state index in [1.807, 2.05) is 7.05 Å². The van der Waals surface area contributed by atoms with Crippen molar-refractivity contribution in [2.24, 2.45) is 0 Å². The number of ether oxygens (including phenoxy) is 1. The molecule has 0 aliphatic carbocycles. The van der Waals surface area contributed by atoms with Gasteiger partial charge in [0, 0.05) is 12.3 Å². The lowest BCUT2D eigenvalue weighted by molar-refractivity contribution is 0.153. The predicted octanol–water partition coefficient (Wildman–Crippen LogP) is 0.420. The van der Waals surface area contributed by atoms with Crippen molar-refractivity contribution >= 4 is 12.6 Å². The Hall–Kier alpha value is 0.270. The zero-order chi connectivity index (χ0) is 6.24. The van der Waals surface area contributed by atoms with Crippen LogP contribution in [-0.2, 0) is 4.74 Å². The maximum absolute atomic E-state index is 5.06. The van der Waals surface area contributed by atoms with Gasteiger partial charge in [0.1, 0.15) is 0 Å². The van der Waals surface area contributed by atoms with Gasteiger partial charge in [-0.3, -0.25) is 0 Å². The molecule has 0 fully saturated rings. The van der Waals surface area contributed by atoms with E-state index in [2.05, 4.69) is 17.9 Å². The van der Waals surface area contributed by atoms with Crippen molar-refractivity contribution in [3.05, 3.63) is 0 Å². The van der Waals surface area contributed by atoms with Crippen LogP contribution in [0.5, 0.6) is 0 Å². The maximum atomic E-state index is 5.06. The standard InChI is InChI=1S/C5H12NOS/c1-6-2-3-7-4-5-8/h6H,2-5H2,1H3. The minimum Gasteiger partial charge on any atom is -0.379 e. The molecule has 0 aliphatic heterocycles. The van der Waals surface area contributed by atoms with Crippen LogP contribution < -0.4 is 5.32 Å². The van der Waals surface area contributed by atoms with Gasteiger partial charge in [0.2, 0.25) is 0 Å². The Bertz CT molecular complexity index is 37.4. The van der Waals surface area contributed by atoms with E-state index in [-0.39, 0.29) is 0 Å². The number of rotatable bonds is 5. The van der Waals surface area contributed by atoms with Gasteiger partial charge in [-0.15, -0.1) is 0 Å². The zero-order valence-corrected chi connectivity index (χ0v) is 5.96. The van der Waals surface area contributed by atoms with Crippen LogP contribution in [0.2, 0.25) is 0 Å². The largest absolute Gasteiger partial charge is 0.379 e. The molecule has 8 heavy (non-hydrogen) atoms. The van der Waals surface area contributed by atoms with Crippen LogP contribution >= 0.6 is 12.6 Å². The SMILES string of the molecule is CNCCOCC[S]. The summed E-state index contributed by atoms with van der Waals surface area (Å²) in [7, 11) is 1.90. The minimum absolute atomic E-state index is 0.698. The highest BCUT2D eigenvalue weighted by Crippen LogP contribution is 1.75. The summed E-state index contributed by atoms with van der Waals surface area (Å²) in [6.45, 7) is 2.39. The van der Waals surface area contributed by atoms with Gasteiger partial charge < -0.3 is 10.1 Å². The molecule has 0 aliphatic rings. The quantitative estimate of drug-likeness (QED) is 0.550. The fourth-order valence-electron chi connectivity index (χ4n) is 0.335. The van der Waals surface area contributed by atoms with Crippen molar-refractivity contribution < 1.29 is 4.74 Å². The van der Waals surface area contributed by atoms with Crippen molar-refractivity contribution in [2.75, 3.05) is 32.6 Å². The average Bonchev–Trinajstić information content (AvgIpc) is 1.81. The highest BCUT2D eigenvalue weighted by Gasteiger charge is 1.81. The molecule has 0 unspecified atom stereocenters. The van der Waals surface area contributed by atoms with E-state index in [0.717, 1.165) is 13.2 Å². The predicted molar refractivity (Wildman–Crippen MR) is 37.2 cm³/mol. The summed E-state index contributed by atoms with van der Waals surface area (Å²) in [5.74, 6) is 0.698. The molecule has 0 atom stereocenters. The molecule has 0 aromatic rings. The van der Waals surface area contributed by atoms with Crippen LogP contribution in [0, 0.1) is 0 Å². The summed E-state index contributed by atoms with van der Waals surface area (Å²) in [6, 6.07) is 0. The average molecular weight is 134 g/mol. The second-order valence-electron chi connectivity index (χ2n) is 1.42. The first-order chi connectivity index (χ1) is 3.91. The second kappa shape index (κ2) is 7.27. The summed E-state index contributed by atoms with van der Waals surface area (Å²) in [5, 5.41) is 2.97. The molecular weight excluding hydrogens is 122 g/mol. The minimum atomic E-state index is 0.698. The van der Waals surface area contributed by atoms with E-state index in [9.17, 15) is 0 Å². The van der Waals surface area contributed by atoms with Gasteiger partial charge >= 0.3 is 0 Å². The molecule has 0 amide bonds. The van der Waals surface area contributed by atoms with Gasteiger partial charge in [-0.25, -0.2) is 0 Å². The summed E-state index contributed by atoms with van der Waals surface area (Å²) in [4.78, 5) is 0. The Balaban J connectivity index is 2.53. The first-order valence-corrected chi connectivity index (χ1v) is 3.30. The van der Waals surface area contributed by atoms with Crippen LogP contribution in [-0.4, -0.2) is 32.6 Å². The lowest BCUT2D eigenvalue weighted by Crippen LogP contribution is -2.14. The van der Waals surface area contributed by atoms with Crippen molar-refractivity contribution in [3.63, 3.8) is 0 Å². The molecule has 0 rings (SSSR count). The molecule has 2 nitrogen and oxygen atoms in total. The Kier molecular flexibility index (Phi) is 7.52. The molecule has 3 heteroatoms. The molecule has 0 saturated heterocycles. The Morgan fingerprint density at radius 3 is 2.75 bits per heavy atom. The summed E-state index contributed by atoms with van der Waals surface area (Å²) in [5.41, 5.74) is 0. The molecule has 49 valence electrons. The van der Waals surface area contributed by atoms with Crippen LogP contribution in [0.3, 0.4) is 0 Å². The Morgan fingerprint density at radius 1 is 1.50 bits per heavy atom. The van der Waals surface area contributed by atoms with Crippen molar-refractivity contribution in [1.29, 1.82) is 0 Å². The number of nitrogens with one attached hydrogen (secondary N) is 1. The second-order valence-corrected chi connectivity index (χ2v) is 1.83. The van der Waals surface area contributed by atoms with Crippen LogP contribution in [0.15, 0.2) is 0 Å². The van der Waals surface area contributed by atoms with Crippen molar-refractivity contribution in [1.82, 2.24) is 5.32 Å². The van der Waals surface area contributed by atoms with Crippen molar-refractivity contribution in [2.45, 2.75) is 0 Å².